The average molecular weight is 132 g/mol. The molecule has 0 saturated heterocycles. The Labute approximate surface area is 54.3 Å². The van der Waals surface area contributed by atoms with Crippen LogP contribution in [-0.2, 0) is 4.74 Å². The van der Waals surface area contributed by atoms with Gasteiger partial charge in [0.1, 0.15) is 0 Å². The van der Waals surface area contributed by atoms with Crippen LogP contribution >= 0.6 is 0 Å². The highest BCUT2D eigenvalue weighted by atomic mass is 16.5. The second kappa shape index (κ2) is 2.64. The van der Waals surface area contributed by atoms with Gasteiger partial charge in [-0.2, -0.15) is 0 Å². The topological polar surface area (TPSA) is 49.7 Å². The van der Waals surface area contributed by atoms with Gasteiger partial charge < -0.3 is 14.9 Å². The van der Waals surface area contributed by atoms with E-state index in [1.54, 1.807) is 7.11 Å². The van der Waals surface area contributed by atoms with E-state index >= 15 is 0 Å². The summed E-state index contributed by atoms with van der Waals surface area (Å²) >= 11 is 0. The Morgan fingerprint density at radius 1 is 1.22 bits per heavy atom. The maximum atomic E-state index is 8.97. The standard InChI is InChI=1S/C6H12O3/c1-9-4-2-5(7)6(8)3-4/h4-8H,2-3H2,1H3/t5-,6-/m0/s1. The summed E-state index contributed by atoms with van der Waals surface area (Å²) in [6, 6.07) is 0. The van der Waals surface area contributed by atoms with E-state index in [1.165, 1.54) is 0 Å². The van der Waals surface area contributed by atoms with E-state index in [0.29, 0.717) is 12.8 Å². The third-order valence-electron chi connectivity index (χ3n) is 1.79. The summed E-state index contributed by atoms with van der Waals surface area (Å²) < 4.78 is 4.93. The zero-order valence-electron chi connectivity index (χ0n) is 5.45. The van der Waals surface area contributed by atoms with E-state index in [1.807, 2.05) is 0 Å². The molecule has 0 heterocycles. The van der Waals surface area contributed by atoms with Gasteiger partial charge in [0.25, 0.3) is 0 Å². The first-order valence-corrected chi connectivity index (χ1v) is 3.13. The Morgan fingerprint density at radius 2 is 1.67 bits per heavy atom. The van der Waals surface area contributed by atoms with Crippen molar-refractivity contribution in [3.8, 4) is 0 Å². The minimum atomic E-state index is -0.574. The van der Waals surface area contributed by atoms with Gasteiger partial charge in [0.2, 0.25) is 0 Å². The predicted octanol–water partition coefficient (Wildman–Crippen LogP) is -0.483. The Bertz CT molecular complexity index is 84.3. The van der Waals surface area contributed by atoms with Crippen molar-refractivity contribution in [1.82, 2.24) is 0 Å². The van der Waals surface area contributed by atoms with Crippen molar-refractivity contribution in [2.45, 2.75) is 31.2 Å². The van der Waals surface area contributed by atoms with Crippen LogP contribution in [0.2, 0.25) is 0 Å². The molecular formula is C6H12O3. The van der Waals surface area contributed by atoms with Gasteiger partial charge in [-0.3, -0.25) is 0 Å². The first-order valence-electron chi connectivity index (χ1n) is 3.13. The lowest BCUT2D eigenvalue weighted by Gasteiger charge is -2.03. The summed E-state index contributed by atoms with van der Waals surface area (Å²) in [6.45, 7) is 0. The van der Waals surface area contributed by atoms with Crippen molar-refractivity contribution >= 4 is 0 Å². The van der Waals surface area contributed by atoms with Crippen molar-refractivity contribution < 1.29 is 14.9 Å². The fraction of sp³-hybridized carbons (Fsp3) is 1.00. The second-order valence-electron chi connectivity index (χ2n) is 2.46. The maximum absolute atomic E-state index is 8.97. The fourth-order valence-corrected chi connectivity index (χ4v) is 1.14. The van der Waals surface area contributed by atoms with Gasteiger partial charge in [-0.15, -0.1) is 0 Å². The summed E-state index contributed by atoms with van der Waals surface area (Å²) in [7, 11) is 1.59. The molecule has 0 aromatic carbocycles. The number of ether oxygens (including phenoxy) is 1. The van der Waals surface area contributed by atoms with Crippen LogP contribution in [0.4, 0.5) is 0 Å². The van der Waals surface area contributed by atoms with Gasteiger partial charge in [-0.05, 0) is 0 Å². The zero-order chi connectivity index (χ0) is 6.85. The van der Waals surface area contributed by atoms with Crippen molar-refractivity contribution in [3.05, 3.63) is 0 Å². The molecule has 3 nitrogen and oxygen atoms in total. The average Bonchev–Trinajstić information content (AvgIpc) is 2.13. The van der Waals surface area contributed by atoms with Crippen LogP contribution in [0.15, 0.2) is 0 Å². The molecule has 1 aliphatic carbocycles. The molecule has 0 amide bonds. The van der Waals surface area contributed by atoms with E-state index in [-0.39, 0.29) is 6.10 Å². The van der Waals surface area contributed by atoms with Crippen molar-refractivity contribution in [3.63, 3.8) is 0 Å². The lowest BCUT2D eigenvalue weighted by Crippen LogP contribution is -2.17. The van der Waals surface area contributed by atoms with Gasteiger partial charge in [-0.25, -0.2) is 0 Å². The third-order valence-corrected chi connectivity index (χ3v) is 1.79. The summed E-state index contributed by atoms with van der Waals surface area (Å²) in [5.74, 6) is 0. The van der Waals surface area contributed by atoms with Crippen molar-refractivity contribution in [2.24, 2.45) is 0 Å². The molecule has 0 bridgehead atoms. The lowest BCUT2D eigenvalue weighted by atomic mass is 10.3. The predicted molar refractivity (Wildman–Crippen MR) is 32.0 cm³/mol. The Morgan fingerprint density at radius 3 is 1.89 bits per heavy atom. The summed E-state index contributed by atoms with van der Waals surface area (Å²) in [5, 5.41) is 17.9. The van der Waals surface area contributed by atoms with Crippen LogP contribution in [0.1, 0.15) is 12.8 Å². The SMILES string of the molecule is COC1C[C@H](O)[C@@H](O)C1. The van der Waals surface area contributed by atoms with Crippen LogP contribution in [0.3, 0.4) is 0 Å². The maximum Gasteiger partial charge on any atom is 0.0824 e. The molecule has 0 aliphatic heterocycles. The number of hydrogen-bond donors (Lipinski definition) is 2. The molecule has 54 valence electrons. The van der Waals surface area contributed by atoms with Gasteiger partial charge in [0, 0.05) is 20.0 Å². The van der Waals surface area contributed by atoms with E-state index in [9.17, 15) is 0 Å². The molecular weight excluding hydrogens is 120 g/mol. The molecule has 2 N–H and O–H groups in total. The number of aliphatic hydroxyl groups excluding tert-OH is 2. The molecule has 1 aliphatic rings. The molecule has 0 radical (unpaired) electrons. The van der Waals surface area contributed by atoms with E-state index < -0.39 is 12.2 Å². The highest BCUT2D eigenvalue weighted by molar-refractivity contribution is 4.82. The first kappa shape index (κ1) is 6.99. The fourth-order valence-electron chi connectivity index (χ4n) is 1.14. The molecule has 1 rings (SSSR count). The second-order valence-corrected chi connectivity index (χ2v) is 2.46. The summed E-state index contributed by atoms with van der Waals surface area (Å²) in [5.41, 5.74) is 0. The Balaban J connectivity index is 2.35. The highest BCUT2D eigenvalue weighted by Gasteiger charge is 2.30. The Kier molecular flexibility index (Phi) is 2.05. The van der Waals surface area contributed by atoms with Crippen molar-refractivity contribution in [1.29, 1.82) is 0 Å². The molecule has 0 spiro atoms. The summed E-state index contributed by atoms with van der Waals surface area (Å²) in [4.78, 5) is 0. The van der Waals surface area contributed by atoms with Crippen LogP contribution in [-0.4, -0.2) is 35.6 Å². The van der Waals surface area contributed by atoms with Gasteiger partial charge in [0.15, 0.2) is 0 Å². The zero-order valence-corrected chi connectivity index (χ0v) is 5.45. The van der Waals surface area contributed by atoms with Crippen molar-refractivity contribution in [2.75, 3.05) is 7.11 Å². The van der Waals surface area contributed by atoms with Crippen LogP contribution in [0.5, 0.6) is 0 Å². The summed E-state index contributed by atoms with van der Waals surface area (Å²) in [6.07, 6.45) is 0.0369. The molecule has 0 aromatic rings. The van der Waals surface area contributed by atoms with Crippen LogP contribution in [0.25, 0.3) is 0 Å². The molecule has 0 aromatic heterocycles. The molecule has 1 saturated carbocycles. The molecule has 3 heteroatoms. The minimum Gasteiger partial charge on any atom is -0.390 e. The highest BCUT2D eigenvalue weighted by Crippen LogP contribution is 2.21. The largest absolute Gasteiger partial charge is 0.390 e. The molecule has 2 atom stereocenters. The number of hydrogen-bond acceptors (Lipinski definition) is 3. The first-order chi connectivity index (χ1) is 4.24. The number of rotatable bonds is 1. The normalized spacial score (nSPS) is 37.7. The van der Waals surface area contributed by atoms with E-state index in [2.05, 4.69) is 0 Å². The van der Waals surface area contributed by atoms with Crippen LogP contribution in [0, 0.1) is 0 Å². The molecule has 0 unspecified atom stereocenters. The lowest BCUT2D eigenvalue weighted by molar-refractivity contribution is 0.0438. The number of methoxy groups -OCH3 is 1. The third kappa shape index (κ3) is 1.41. The molecule has 1 fully saturated rings. The van der Waals surface area contributed by atoms with E-state index in [0.717, 1.165) is 0 Å². The van der Waals surface area contributed by atoms with Crippen LogP contribution < -0.4 is 0 Å². The van der Waals surface area contributed by atoms with E-state index in [4.69, 9.17) is 14.9 Å². The monoisotopic (exact) mass is 132 g/mol. The quantitative estimate of drug-likeness (QED) is 0.506. The smallest absolute Gasteiger partial charge is 0.0824 e. The minimum absolute atomic E-state index is 0.0509. The molecule has 9 heavy (non-hydrogen) atoms. The Hall–Kier alpha value is -0.120. The van der Waals surface area contributed by atoms with Gasteiger partial charge >= 0.3 is 0 Å². The number of aliphatic hydroxyl groups is 2. The van der Waals surface area contributed by atoms with Gasteiger partial charge in [-0.1, -0.05) is 0 Å². The van der Waals surface area contributed by atoms with Gasteiger partial charge in [0.05, 0.1) is 18.3 Å².